The maximum Gasteiger partial charge on any atom is 0.244 e. The number of aryl methyl sites for hydroxylation is 1. The van der Waals surface area contributed by atoms with Crippen LogP contribution in [0.15, 0.2) is 41.1 Å². The number of benzene rings is 1. The Labute approximate surface area is 133 Å². The summed E-state index contributed by atoms with van der Waals surface area (Å²) in [4.78, 5) is 15.0. The number of nitriles is 1. The van der Waals surface area contributed by atoms with Crippen molar-refractivity contribution in [3.05, 3.63) is 52.2 Å². The molecule has 3 aliphatic rings. The van der Waals surface area contributed by atoms with Gasteiger partial charge < -0.3 is 20.7 Å². The van der Waals surface area contributed by atoms with Crippen LogP contribution in [0.2, 0.25) is 0 Å². The molecule has 3 aliphatic heterocycles. The Kier molecular flexibility index (Phi) is 2.56. The molecule has 0 bridgehead atoms. The molecule has 3 heterocycles. The highest BCUT2D eigenvalue weighted by Crippen LogP contribution is 2.54. The molecule has 1 amide bonds. The highest BCUT2D eigenvalue weighted by Gasteiger charge is 2.58. The third-order valence-corrected chi connectivity index (χ3v) is 4.86. The standard InChI is InChI=1S/C17H16N4O2/c1-9-3-4-13-11(7-9)17(16(22)20-13)10-5-6-21(2)15(10)23-14(19)12(17)8-18/h3-4,7H,5-6,19H2,1-2H3,(H,20,22)/t17-/m1/s1. The Hall–Kier alpha value is -2.94. The smallest absolute Gasteiger partial charge is 0.244 e. The number of ether oxygens (including phenoxy) is 1. The predicted octanol–water partition coefficient (Wildman–Crippen LogP) is 1.46. The van der Waals surface area contributed by atoms with Crippen molar-refractivity contribution in [1.29, 1.82) is 5.26 Å². The summed E-state index contributed by atoms with van der Waals surface area (Å²) >= 11 is 0. The van der Waals surface area contributed by atoms with Crippen LogP contribution in [-0.2, 0) is 14.9 Å². The number of hydrogen-bond donors (Lipinski definition) is 2. The third kappa shape index (κ3) is 1.49. The normalized spacial score (nSPS) is 25.3. The fourth-order valence-electron chi connectivity index (χ4n) is 3.80. The van der Waals surface area contributed by atoms with Crippen molar-refractivity contribution in [2.45, 2.75) is 18.8 Å². The molecule has 1 aromatic carbocycles. The highest BCUT2D eigenvalue weighted by molar-refractivity contribution is 6.12. The minimum atomic E-state index is -1.17. The summed E-state index contributed by atoms with van der Waals surface area (Å²) in [5, 5.41) is 12.6. The Morgan fingerprint density at radius 2 is 2.26 bits per heavy atom. The van der Waals surface area contributed by atoms with Crippen molar-refractivity contribution in [2.24, 2.45) is 5.73 Å². The van der Waals surface area contributed by atoms with Crippen LogP contribution >= 0.6 is 0 Å². The number of carbonyl (C=O) groups excluding carboxylic acids is 1. The lowest BCUT2D eigenvalue weighted by molar-refractivity contribution is -0.118. The van der Waals surface area contributed by atoms with E-state index in [2.05, 4.69) is 11.4 Å². The molecule has 0 saturated carbocycles. The van der Waals surface area contributed by atoms with E-state index in [1.54, 1.807) is 0 Å². The number of carbonyl (C=O) groups is 1. The molecule has 6 nitrogen and oxygen atoms in total. The number of nitrogens with one attached hydrogen (secondary N) is 1. The van der Waals surface area contributed by atoms with Crippen LogP contribution in [0.1, 0.15) is 17.5 Å². The summed E-state index contributed by atoms with van der Waals surface area (Å²) in [5.41, 5.74) is 8.37. The van der Waals surface area contributed by atoms with Gasteiger partial charge in [0.25, 0.3) is 0 Å². The highest BCUT2D eigenvalue weighted by atomic mass is 16.5. The molecule has 0 unspecified atom stereocenters. The first-order chi connectivity index (χ1) is 11.0. The minimum absolute atomic E-state index is 0.00417. The quantitative estimate of drug-likeness (QED) is 0.757. The van der Waals surface area contributed by atoms with E-state index in [0.29, 0.717) is 12.3 Å². The van der Waals surface area contributed by atoms with Crippen LogP contribution in [0.4, 0.5) is 5.69 Å². The van der Waals surface area contributed by atoms with Crippen LogP contribution in [0, 0.1) is 18.3 Å². The van der Waals surface area contributed by atoms with E-state index in [0.717, 1.165) is 28.9 Å². The molecule has 1 atom stereocenters. The number of amides is 1. The van der Waals surface area contributed by atoms with Gasteiger partial charge in [0.05, 0.1) is 0 Å². The van der Waals surface area contributed by atoms with Crippen LogP contribution in [0.25, 0.3) is 0 Å². The van der Waals surface area contributed by atoms with E-state index < -0.39 is 5.41 Å². The van der Waals surface area contributed by atoms with E-state index >= 15 is 0 Å². The second-order valence-electron chi connectivity index (χ2n) is 6.16. The van der Waals surface area contributed by atoms with E-state index in [4.69, 9.17) is 10.5 Å². The van der Waals surface area contributed by atoms with Gasteiger partial charge >= 0.3 is 0 Å². The van der Waals surface area contributed by atoms with Gasteiger partial charge in [-0.05, 0) is 19.4 Å². The average Bonchev–Trinajstić information content (AvgIpc) is 3.01. The summed E-state index contributed by atoms with van der Waals surface area (Å²) in [6, 6.07) is 7.88. The van der Waals surface area contributed by atoms with Gasteiger partial charge in [0.15, 0.2) is 5.88 Å². The Balaban J connectivity index is 2.10. The van der Waals surface area contributed by atoms with Gasteiger partial charge in [-0.25, -0.2) is 0 Å². The van der Waals surface area contributed by atoms with Gasteiger partial charge in [0.1, 0.15) is 17.1 Å². The van der Waals surface area contributed by atoms with Crippen LogP contribution in [0.3, 0.4) is 0 Å². The first-order valence-electron chi connectivity index (χ1n) is 7.45. The molecule has 0 radical (unpaired) electrons. The minimum Gasteiger partial charge on any atom is -0.424 e. The molecule has 0 aromatic heterocycles. The number of nitrogens with two attached hydrogens (primary N) is 1. The molecule has 1 spiro atoms. The van der Waals surface area contributed by atoms with Gasteiger partial charge in [-0.3, -0.25) is 4.79 Å². The number of fused-ring (bicyclic) bond motifs is 3. The maximum absolute atomic E-state index is 13.0. The molecule has 0 saturated heterocycles. The van der Waals surface area contributed by atoms with Crippen molar-refractivity contribution in [3.63, 3.8) is 0 Å². The van der Waals surface area contributed by atoms with Gasteiger partial charge in [0.2, 0.25) is 11.8 Å². The second-order valence-corrected chi connectivity index (χ2v) is 6.16. The Bertz CT molecular complexity index is 862. The summed E-state index contributed by atoms with van der Waals surface area (Å²) in [5.74, 6) is 0.360. The molecule has 1 aromatic rings. The molecular formula is C17H16N4O2. The zero-order valence-electron chi connectivity index (χ0n) is 12.9. The number of nitrogens with zero attached hydrogens (tertiary/aromatic N) is 2. The lowest BCUT2D eigenvalue weighted by atomic mass is 9.68. The van der Waals surface area contributed by atoms with Crippen molar-refractivity contribution in [2.75, 3.05) is 18.9 Å². The summed E-state index contributed by atoms with van der Waals surface area (Å²) in [7, 11) is 1.89. The Morgan fingerprint density at radius 3 is 3.00 bits per heavy atom. The molecular weight excluding hydrogens is 292 g/mol. The predicted molar refractivity (Wildman–Crippen MR) is 83.7 cm³/mol. The third-order valence-electron chi connectivity index (χ3n) is 4.86. The van der Waals surface area contributed by atoms with Gasteiger partial charge in [0, 0.05) is 30.4 Å². The van der Waals surface area contributed by atoms with Crippen LogP contribution in [-0.4, -0.2) is 24.4 Å². The van der Waals surface area contributed by atoms with Crippen LogP contribution < -0.4 is 11.1 Å². The topological polar surface area (TPSA) is 91.4 Å². The lowest BCUT2D eigenvalue weighted by Crippen LogP contribution is -2.42. The summed E-state index contributed by atoms with van der Waals surface area (Å²) in [6.45, 7) is 2.69. The zero-order valence-corrected chi connectivity index (χ0v) is 12.9. The van der Waals surface area contributed by atoms with Crippen LogP contribution in [0.5, 0.6) is 0 Å². The van der Waals surface area contributed by atoms with Gasteiger partial charge in [-0.2, -0.15) is 5.26 Å². The summed E-state index contributed by atoms with van der Waals surface area (Å²) < 4.78 is 5.67. The van der Waals surface area contributed by atoms with E-state index in [9.17, 15) is 10.1 Å². The van der Waals surface area contributed by atoms with E-state index in [1.807, 2.05) is 37.1 Å². The van der Waals surface area contributed by atoms with Crippen molar-refractivity contribution >= 4 is 11.6 Å². The molecule has 116 valence electrons. The van der Waals surface area contributed by atoms with E-state index in [-0.39, 0.29) is 17.4 Å². The first kappa shape index (κ1) is 13.7. The summed E-state index contributed by atoms with van der Waals surface area (Å²) in [6.07, 6.45) is 0.658. The van der Waals surface area contributed by atoms with Gasteiger partial charge in [-0.1, -0.05) is 17.7 Å². The van der Waals surface area contributed by atoms with Gasteiger partial charge in [-0.15, -0.1) is 0 Å². The lowest BCUT2D eigenvalue weighted by Gasteiger charge is -2.34. The molecule has 3 N–H and O–H groups in total. The molecule has 0 aliphatic carbocycles. The molecule has 23 heavy (non-hydrogen) atoms. The Morgan fingerprint density at radius 1 is 1.48 bits per heavy atom. The fraction of sp³-hybridized carbons (Fsp3) is 0.294. The number of anilines is 1. The average molecular weight is 308 g/mol. The van der Waals surface area contributed by atoms with Crippen molar-refractivity contribution in [1.82, 2.24) is 4.90 Å². The van der Waals surface area contributed by atoms with Crippen molar-refractivity contribution < 1.29 is 9.53 Å². The number of hydrogen-bond acceptors (Lipinski definition) is 5. The van der Waals surface area contributed by atoms with Crippen molar-refractivity contribution in [3.8, 4) is 6.07 Å². The van der Waals surface area contributed by atoms with E-state index in [1.165, 1.54) is 0 Å². The fourth-order valence-corrected chi connectivity index (χ4v) is 3.80. The second kappa shape index (κ2) is 4.29. The first-order valence-corrected chi connectivity index (χ1v) is 7.45. The zero-order chi connectivity index (χ0) is 16.4. The monoisotopic (exact) mass is 308 g/mol. The largest absolute Gasteiger partial charge is 0.424 e. The maximum atomic E-state index is 13.0. The number of rotatable bonds is 0. The molecule has 4 rings (SSSR count). The molecule has 6 heteroatoms. The SMILES string of the molecule is Cc1ccc2c(c1)[C@@]1(C(=O)N2)C(C#N)=C(N)OC2=C1CCN2C. The molecule has 0 fully saturated rings.